The molecule has 1 rings (SSSR count). The third-order valence-corrected chi connectivity index (χ3v) is 7.85. The van der Waals surface area contributed by atoms with Crippen molar-refractivity contribution in [3.63, 3.8) is 0 Å². The van der Waals surface area contributed by atoms with E-state index in [1.54, 1.807) is 6.92 Å². The van der Waals surface area contributed by atoms with E-state index < -0.39 is 39.6 Å². The van der Waals surface area contributed by atoms with Crippen LogP contribution in [0.25, 0.3) is 0 Å². The Balaban J connectivity index is 3.20. The van der Waals surface area contributed by atoms with Crippen LogP contribution in [0.2, 0.25) is 0 Å². The quantitative estimate of drug-likeness (QED) is 0.324. The molecule has 1 aromatic rings. The smallest absolute Gasteiger partial charge is 0.310 e. The Kier molecular flexibility index (Phi) is 9.07. The molecule has 0 radical (unpaired) electrons. The molecule has 3 N–H and O–H groups in total. The third kappa shape index (κ3) is 5.16. The Morgan fingerprint density at radius 1 is 0.719 bits per heavy atom. The van der Waals surface area contributed by atoms with E-state index in [1.807, 2.05) is 58.0 Å². The van der Waals surface area contributed by atoms with Crippen molar-refractivity contribution in [1.82, 2.24) is 0 Å². The summed E-state index contributed by atoms with van der Waals surface area (Å²) in [4.78, 5) is 37.1. The topological polar surface area (TPSA) is 112 Å². The van der Waals surface area contributed by atoms with Gasteiger partial charge in [0.2, 0.25) is 0 Å². The molecule has 3 atom stereocenters. The van der Waals surface area contributed by atoms with Crippen LogP contribution in [0.15, 0.2) is 30.3 Å². The van der Waals surface area contributed by atoms with Crippen LogP contribution in [0.3, 0.4) is 0 Å². The molecule has 0 aliphatic rings. The second-order valence-electron chi connectivity index (χ2n) is 10.2. The van der Waals surface area contributed by atoms with Crippen LogP contribution < -0.4 is 0 Å². The summed E-state index contributed by atoms with van der Waals surface area (Å²) in [6.45, 7) is 10.9. The average Bonchev–Trinajstić information content (AvgIpc) is 2.70. The van der Waals surface area contributed by atoms with Crippen molar-refractivity contribution in [3.05, 3.63) is 35.9 Å². The van der Waals surface area contributed by atoms with E-state index in [1.165, 1.54) is 6.92 Å². The van der Waals surface area contributed by atoms with Gasteiger partial charge in [0.15, 0.2) is 0 Å². The molecule has 0 aromatic heterocycles. The number of carbonyl (C=O) groups is 3. The van der Waals surface area contributed by atoms with Crippen LogP contribution in [0.1, 0.15) is 85.6 Å². The maximum absolute atomic E-state index is 12.6. The first-order valence-electron chi connectivity index (χ1n) is 11.5. The van der Waals surface area contributed by atoms with E-state index in [2.05, 4.69) is 0 Å². The van der Waals surface area contributed by atoms with Crippen LogP contribution in [-0.4, -0.2) is 33.2 Å². The highest BCUT2D eigenvalue weighted by atomic mass is 16.4. The van der Waals surface area contributed by atoms with Crippen molar-refractivity contribution in [2.24, 2.45) is 21.7 Å². The summed E-state index contributed by atoms with van der Waals surface area (Å²) < 4.78 is 0. The zero-order valence-electron chi connectivity index (χ0n) is 20.4. The predicted molar refractivity (Wildman–Crippen MR) is 125 cm³/mol. The van der Waals surface area contributed by atoms with Crippen molar-refractivity contribution < 1.29 is 29.7 Å². The minimum absolute atomic E-state index is 0.110. The summed E-state index contributed by atoms with van der Waals surface area (Å²) in [5.41, 5.74) is -3.56. The number of aliphatic carboxylic acids is 3. The fourth-order valence-corrected chi connectivity index (χ4v) is 5.31. The van der Waals surface area contributed by atoms with Crippen molar-refractivity contribution >= 4 is 17.9 Å². The first-order valence-corrected chi connectivity index (χ1v) is 11.5. The van der Waals surface area contributed by atoms with Gasteiger partial charge in [0.25, 0.3) is 0 Å². The number of carboxylic acids is 3. The molecular formula is C26H40O6. The predicted octanol–water partition coefficient (Wildman–Crippen LogP) is 5.89. The normalized spacial score (nSPS) is 17.6. The van der Waals surface area contributed by atoms with Gasteiger partial charge in [0, 0.05) is 0 Å². The van der Waals surface area contributed by atoms with Gasteiger partial charge < -0.3 is 15.3 Å². The van der Waals surface area contributed by atoms with Gasteiger partial charge in [-0.05, 0) is 50.0 Å². The molecule has 1 aromatic carbocycles. The van der Waals surface area contributed by atoms with Crippen LogP contribution in [0.4, 0.5) is 0 Å². The Morgan fingerprint density at radius 3 is 1.50 bits per heavy atom. The number of unbranched alkanes of at least 4 members (excludes halogenated alkanes) is 1. The zero-order valence-corrected chi connectivity index (χ0v) is 20.4. The van der Waals surface area contributed by atoms with Crippen LogP contribution >= 0.6 is 0 Å². The Hall–Kier alpha value is -2.37. The number of hydrogen-bond acceptors (Lipinski definition) is 3. The average molecular weight is 449 g/mol. The molecule has 3 unspecified atom stereocenters. The molecule has 0 saturated carbocycles. The fraction of sp³-hybridized carbons (Fsp3) is 0.654. The lowest BCUT2D eigenvalue weighted by atomic mass is 9.57. The van der Waals surface area contributed by atoms with Crippen molar-refractivity contribution in [1.29, 1.82) is 0 Å². The molecule has 0 amide bonds. The monoisotopic (exact) mass is 448 g/mol. The molecule has 180 valence electrons. The largest absolute Gasteiger partial charge is 0.481 e. The Morgan fingerprint density at radius 2 is 1.16 bits per heavy atom. The van der Waals surface area contributed by atoms with Gasteiger partial charge in [-0.3, -0.25) is 14.4 Å². The summed E-state index contributed by atoms with van der Waals surface area (Å²) in [7, 11) is 0. The number of hydrogen-bond donors (Lipinski definition) is 3. The third-order valence-electron chi connectivity index (χ3n) is 7.85. The standard InChI is InChI=1S/C26H40O6/c1-7-25(21(29)30,23(3,4)5)16-12-13-17-26(8-2,22(31)32)24(6,20(27)28)18-19-14-10-9-11-15-19/h9-11,14-15H,7-8,12-13,16-18H2,1-6H3,(H,27,28)(H,29,30)(H,31,32). The highest BCUT2D eigenvalue weighted by Gasteiger charge is 2.57. The van der Waals surface area contributed by atoms with Gasteiger partial charge in [-0.15, -0.1) is 0 Å². The van der Waals surface area contributed by atoms with Gasteiger partial charge in [0.05, 0.1) is 16.2 Å². The molecule has 0 bridgehead atoms. The highest BCUT2D eigenvalue weighted by Crippen LogP contribution is 2.50. The lowest BCUT2D eigenvalue weighted by Gasteiger charge is -2.43. The van der Waals surface area contributed by atoms with Gasteiger partial charge >= 0.3 is 17.9 Å². The first kappa shape index (κ1) is 27.7. The molecule has 0 heterocycles. The number of benzene rings is 1. The molecule has 32 heavy (non-hydrogen) atoms. The fourth-order valence-electron chi connectivity index (χ4n) is 5.31. The molecule has 0 saturated heterocycles. The van der Waals surface area contributed by atoms with Crippen molar-refractivity contribution in [3.8, 4) is 0 Å². The number of carboxylic acid groups (broad SMARTS) is 3. The maximum Gasteiger partial charge on any atom is 0.310 e. The summed E-state index contributed by atoms with van der Waals surface area (Å²) in [6, 6.07) is 9.09. The van der Waals surface area contributed by atoms with Crippen LogP contribution in [-0.2, 0) is 20.8 Å². The second kappa shape index (κ2) is 10.5. The van der Waals surface area contributed by atoms with E-state index in [0.29, 0.717) is 25.7 Å². The Labute approximate surface area is 192 Å². The second-order valence-corrected chi connectivity index (χ2v) is 10.2. The van der Waals surface area contributed by atoms with E-state index in [9.17, 15) is 29.7 Å². The highest BCUT2D eigenvalue weighted by molar-refractivity contribution is 5.86. The first-order chi connectivity index (χ1) is 14.7. The minimum Gasteiger partial charge on any atom is -0.481 e. The lowest BCUT2D eigenvalue weighted by molar-refractivity contribution is -0.174. The van der Waals surface area contributed by atoms with Crippen molar-refractivity contribution in [2.45, 2.75) is 86.5 Å². The SMILES string of the molecule is CCC(CCCCC(CC)(C(=O)O)C(C)(Cc1ccccc1)C(=O)O)(C(=O)O)C(C)(C)C. The molecule has 6 heteroatoms. The molecular weight excluding hydrogens is 408 g/mol. The molecule has 0 spiro atoms. The van der Waals surface area contributed by atoms with E-state index in [0.717, 1.165) is 5.56 Å². The zero-order chi connectivity index (χ0) is 24.8. The molecule has 6 nitrogen and oxygen atoms in total. The van der Waals surface area contributed by atoms with Gasteiger partial charge in [-0.2, -0.15) is 0 Å². The minimum atomic E-state index is -1.51. The van der Waals surface area contributed by atoms with Crippen LogP contribution in [0.5, 0.6) is 0 Å². The molecule has 0 aliphatic heterocycles. The lowest BCUT2D eigenvalue weighted by Crippen LogP contribution is -2.52. The summed E-state index contributed by atoms with van der Waals surface area (Å²) in [5.74, 6) is -3.09. The van der Waals surface area contributed by atoms with E-state index >= 15 is 0 Å². The summed E-state index contributed by atoms with van der Waals surface area (Å²) >= 11 is 0. The van der Waals surface area contributed by atoms with Gasteiger partial charge in [0.1, 0.15) is 0 Å². The van der Waals surface area contributed by atoms with E-state index in [-0.39, 0.29) is 19.3 Å². The Bertz CT molecular complexity index is 796. The molecule has 0 fully saturated rings. The maximum atomic E-state index is 12.6. The van der Waals surface area contributed by atoms with E-state index in [4.69, 9.17) is 0 Å². The molecule has 0 aliphatic carbocycles. The summed E-state index contributed by atoms with van der Waals surface area (Å²) in [6.07, 6.45) is 2.33. The van der Waals surface area contributed by atoms with Crippen LogP contribution in [0, 0.1) is 21.7 Å². The number of rotatable bonds is 13. The van der Waals surface area contributed by atoms with Crippen molar-refractivity contribution in [2.75, 3.05) is 0 Å². The van der Waals surface area contributed by atoms with Gasteiger partial charge in [-0.25, -0.2) is 0 Å². The van der Waals surface area contributed by atoms with Gasteiger partial charge in [-0.1, -0.05) is 77.8 Å². The summed E-state index contributed by atoms with van der Waals surface area (Å²) in [5, 5.41) is 30.4.